The average Bonchev–Trinajstić information content (AvgIpc) is 2.02. The van der Waals surface area contributed by atoms with E-state index in [0.717, 1.165) is 0 Å². The van der Waals surface area contributed by atoms with Gasteiger partial charge in [-0.05, 0) is 0 Å². The van der Waals surface area contributed by atoms with E-state index < -0.39 is 12.0 Å². The molecule has 0 aliphatic carbocycles. The Hall–Kier alpha value is -0.560. The second-order valence-corrected chi connectivity index (χ2v) is 2.50. The molecular weight excluding hydrogens is 165 g/mol. The molecule has 0 aliphatic heterocycles. The van der Waals surface area contributed by atoms with E-state index >= 15 is 0 Å². The average molecular weight is 175 g/mol. The monoisotopic (exact) mass is 175 g/mol. The zero-order valence-corrected chi connectivity index (χ0v) is 7.30. The minimum atomic E-state index is -0.776. The van der Waals surface area contributed by atoms with E-state index in [9.17, 15) is 9.36 Å². The van der Waals surface area contributed by atoms with Crippen LogP contribution in [0.15, 0.2) is 0 Å². The summed E-state index contributed by atoms with van der Waals surface area (Å²) in [5.74, 6) is -0.879. The predicted molar refractivity (Wildman–Crippen MR) is 40.6 cm³/mol. The number of methoxy groups -OCH3 is 1. The fourth-order valence-electron chi connectivity index (χ4n) is 0.504. The molecule has 0 spiro atoms. The van der Waals surface area contributed by atoms with Crippen LogP contribution < -0.4 is 5.73 Å². The number of hydrogen-bond acceptors (Lipinski definition) is 4. The van der Waals surface area contributed by atoms with Crippen LogP contribution in [0.3, 0.4) is 0 Å². The summed E-state index contributed by atoms with van der Waals surface area (Å²) in [5.41, 5.74) is 7.83. The van der Waals surface area contributed by atoms with Crippen LogP contribution in [-0.4, -0.2) is 19.1 Å². The van der Waals surface area contributed by atoms with Gasteiger partial charge in [0.15, 0.2) is 0 Å². The van der Waals surface area contributed by atoms with Gasteiger partial charge in [0.2, 0.25) is 0 Å². The fourth-order valence-corrected chi connectivity index (χ4v) is 0.831. The van der Waals surface area contributed by atoms with Crippen LogP contribution in [-0.2, 0) is 14.1 Å². The number of carbonyl (C=O) groups is 1. The predicted octanol–water partition coefficient (Wildman–Crippen LogP) is 0.374. The summed E-state index contributed by atoms with van der Waals surface area (Å²) in [4.78, 5) is 10.7. The van der Waals surface area contributed by atoms with Crippen molar-refractivity contribution in [3.63, 3.8) is 0 Å². The number of hydrogen-bond donors (Lipinski definition) is 1. The van der Waals surface area contributed by atoms with E-state index in [-0.39, 0.29) is 13.8 Å². The summed E-state index contributed by atoms with van der Waals surface area (Å²) in [7, 11) is 1.01. The van der Waals surface area contributed by atoms with E-state index in [1.165, 1.54) is 7.11 Å². The third kappa shape index (κ3) is 3.38. The van der Waals surface area contributed by atoms with Gasteiger partial charge in [-0.1, -0.05) is 0 Å². The van der Waals surface area contributed by atoms with Crippen molar-refractivity contribution in [2.24, 2.45) is 11.7 Å². The van der Waals surface area contributed by atoms with E-state index in [0.29, 0.717) is 0 Å². The summed E-state index contributed by atoms with van der Waals surface area (Å²) in [5, 5.41) is 0. The topological polar surface area (TPSA) is 69.4 Å². The first-order chi connectivity index (χ1) is 5.13. The molecule has 0 rings (SSSR count). The summed E-state index contributed by atoms with van der Waals surface area (Å²) in [6.07, 6.45) is 0. The molecule has 0 fully saturated rings. The molecular formula is C6H10NO3P. The number of nitrogens with two attached hydrogens (primary N) is 1. The third-order valence-electron chi connectivity index (χ3n) is 1.27. The SMILES string of the molecule is COC(=O)[C@@H](N)C(C)C#P=O. The Balaban J connectivity index is 4.19. The third-order valence-corrected chi connectivity index (χ3v) is 1.78. The molecule has 0 bridgehead atoms. The van der Waals surface area contributed by atoms with Crippen LogP contribution in [0.2, 0.25) is 0 Å². The van der Waals surface area contributed by atoms with E-state index in [2.05, 4.69) is 10.4 Å². The Morgan fingerprint density at radius 3 is 2.64 bits per heavy atom. The van der Waals surface area contributed by atoms with Crippen molar-refractivity contribution in [2.75, 3.05) is 7.11 Å². The molecule has 4 nitrogen and oxygen atoms in total. The van der Waals surface area contributed by atoms with Crippen LogP contribution in [0.4, 0.5) is 0 Å². The van der Waals surface area contributed by atoms with Gasteiger partial charge in [-0.2, -0.15) is 0 Å². The zero-order chi connectivity index (χ0) is 8.85. The molecule has 1 unspecified atom stereocenters. The first kappa shape index (κ1) is 10.4. The van der Waals surface area contributed by atoms with Crippen LogP contribution in [0.1, 0.15) is 6.92 Å². The molecule has 0 amide bonds. The Labute approximate surface area is 66.2 Å². The van der Waals surface area contributed by atoms with E-state index in [1.54, 1.807) is 6.92 Å². The normalized spacial score (nSPS) is 14.5. The Bertz CT molecular complexity index is 233. The van der Waals surface area contributed by atoms with Crippen LogP contribution >= 0.6 is 7.92 Å². The van der Waals surface area contributed by atoms with Crippen molar-refractivity contribution in [1.82, 2.24) is 0 Å². The molecule has 0 aromatic heterocycles. The van der Waals surface area contributed by atoms with E-state index in [4.69, 9.17) is 5.73 Å². The minimum absolute atomic E-state index is 0.242. The molecule has 0 aromatic rings. The maximum atomic E-state index is 10.7. The molecule has 0 radical (unpaired) electrons. The molecule has 62 valence electrons. The van der Waals surface area contributed by atoms with Crippen LogP contribution in [0, 0.1) is 11.5 Å². The Kier molecular flexibility index (Phi) is 4.88. The number of rotatable bonds is 2. The number of esters is 1. The summed E-state index contributed by atoms with van der Waals surface area (Å²) >= 11 is 0. The molecule has 11 heavy (non-hydrogen) atoms. The first-order valence-electron chi connectivity index (χ1n) is 3.04. The van der Waals surface area contributed by atoms with Gasteiger partial charge in [0, 0.05) is 0 Å². The van der Waals surface area contributed by atoms with Gasteiger partial charge in [0.05, 0.1) is 0 Å². The molecule has 0 saturated heterocycles. The van der Waals surface area contributed by atoms with Gasteiger partial charge < -0.3 is 0 Å². The van der Waals surface area contributed by atoms with Crippen molar-refractivity contribution in [2.45, 2.75) is 13.0 Å². The number of ether oxygens (including phenoxy) is 1. The molecule has 0 aromatic carbocycles. The van der Waals surface area contributed by atoms with Gasteiger partial charge in [0.1, 0.15) is 0 Å². The Morgan fingerprint density at radius 2 is 2.27 bits per heavy atom. The maximum absolute atomic E-state index is 10.7. The summed E-state index contributed by atoms with van der Waals surface area (Å²) in [6, 6.07) is -0.776. The van der Waals surface area contributed by atoms with E-state index in [1.807, 2.05) is 0 Å². The quantitative estimate of drug-likeness (QED) is 0.486. The fraction of sp³-hybridized carbons (Fsp3) is 0.667. The summed E-state index contributed by atoms with van der Waals surface area (Å²) in [6.45, 7) is 1.65. The molecule has 0 heterocycles. The van der Waals surface area contributed by atoms with Crippen molar-refractivity contribution in [3.8, 4) is 5.63 Å². The molecule has 5 heteroatoms. The molecule has 0 saturated carbocycles. The summed E-state index contributed by atoms with van der Waals surface area (Å²) < 4.78 is 14.4. The van der Waals surface area contributed by atoms with Gasteiger partial charge >= 0.3 is 65.3 Å². The van der Waals surface area contributed by atoms with Crippen molar-refractivity contribution < 1.29 is 14.1 Å². The van der Waals surface area contributed by atoms with Crippen LogP contribution in [0.25, 0.3) is 0 Å². The van der Waals surface area contributed by atoms with Gasteiger partial charge in [-0.25, -0.2) is 0 Å². The molecule has 2 atom stereocenters. The van der Waals surface area contributed by atoms with Crippen molar-refractivity contribution in [3.05, 3.63) is 0 Å². The second-order valence-electron chi connectivity index (χ2n) is 2.06. The van der Waals surface area contributed by atoms with Crippen molar-refractivity contribution in [1.29, 1.82) is 0 Å². The van der Waals surface area contributed by atoms with Crippen LogP contribution in [0.5, 0.6) is 0 Å². The molecule has 2 N–H and O–H groups in total. The van der Waals surface area contributed by atoms with Gasteiger partial charge in [-0.15, -0.1) is 0 Å². The van der Waals surface area contributed by atoms with Gasteiger partial charge in [-0.3, -0.25) is 0 Å². The number of carbonyl (C=O) groups excluding carboxylic acids is 1. The second kappa shape index (κ2) is 5.14. The molecule has 0 aliphatic rings. The standard InChI is InChI=1S/C6H10NO3P/c1-4(3-11-9)5(7)6(8)10-2/h4-5H,7H2,1-2H3/t4?,5-/m0/s1. The van der Waals surface area contributed by atoms with Gasteiger partial charge in [0.25, 0.3) is 0 Å². The Morgan fingerprint density at radius 1 is 1.73 bits per heavy atom. The zero-order valence-electron chi connectivity index (χ0n) is 6.40. The first-order valence-corrected chi connectivity index (χ1v) is 3.86. The van der Waals surface area contributed by atoms with Crippen molar-refractivity contribution >= 4 is 13.9 Å².